The number of benzene rings is 3. The van der Waals surface area contributed by atoms with Crippen molar-refractivity contribution in [3.8, 4) is 5.75 Å². The zero-order valence-electron chi connectivity index (χ0n) is 15.2. The molecule has 3 aromatic carbocycles. The fraction of sp³-hybridized carbons (Fsp3) is 0.174. The Morgan fingerprint density at radius 3 is 2.30 bits per heavy atom. The molecule has 1 atom stereocenters. The summed E-state index contributed by atoms with van der Waals surface area (Å²) in [6, 6.07) is 24.6. The van der Waals surface area contributed by atoms with Gasteiger partial charge in [-0.1, -0.05) is 72.3 Å². The highest BCUT2D eigenvalue weighted by molar-refractivity contribution is 6.30. The van der Waals surface area contributed by atoms with Crippen molar-refractivity contribution in [2.24, 2.45) is 0 Å². The fourth-order valence-electron chi connectivity index (χ4n) is 3.17. The molecule has 0 bridgehead atoms. The fourth-order valence-corrected chi connectivity index (χ4v) is 3.35. The van der Waals surface area contributed by atoms with Gasteiger partial charge in [0.25, 0.3) is 0 Å². The molecule has 4 heteroatoms. The van der Waals surface area contributed by atoms with Gasteiger partial charge in [-0.2, -0.15) is 0 Å². The number of hydrogen-bond acceptors (Lipinski definition) is 2. The quantitative estimate of drug-likeness (QED) is 0.637. The van der Waals surface area contributed by atoms with Crippen LogP contribution in [0.3, 0.4) is 0 Å². The predicted octanol–water partition coefficient (Wildman–Crippen LogP) is 5.23. The molecular formula is C23H22ClNO2. The molecule has 0 radical (unpaired) electrons. The first-order chi connectivity index (χ1) is 13.0. The molecule has 3 nitrogen and oxygen atoms in total. The maximum Gasteiger partial charge on any atom is 0.223 e. The summed E-state index contributed by atoms with van der Waals surface area (Å²) in [7, 11) is 1.80. The van der Waals surface area contributed by atoms with Gasteiger partial charge in [0.05, 0.1) is 0 Å². The summed E-state index contributed by atoms with van der Waals surface area (Å²) in [6.07, 6.45) is 0.251. The monoisotopic (exact) mass is 379 g/mol. The largest absolute Gasteiger partial charge is 0.508 e. The minimum atomic E-state index is -0.268. The molecule has 0 aliphatic carbocycles. The number of carbonyl (C=O) groups is 1. The molecule has 0 fully saturated rings. The van der Waals surface area contributed by atoms with Crippen molar-refractivity contribution >= 4 is 17.5 Å². The van der Waals surface area contributed by atoms with Gasteiger partial charge in [-0.05, 0) is 29.3 Å². The summed E-state index contributed by atoms with van der Waals surface area (Å²) >= 11 is 6.15. The molecule has 138 valence electrons. The highest BCUT2D eigenvalue weighted by atomic mass is 35.5. The van der Waals surface area contributed by atoms with E-state index in [0.717, 1.165) is 11.1 Å². The summed E-state index contributed by atoms with van der Waals surface area (Å²) in [5, 5.41) is 10.9. The molecule has 0 unspecified atom stereocenters. The number of aromatic hydroxyl groups is 1. The van der Waals surface area contributed by atoms with Crippen molar-refractivity contribution in [1.82, 2.24) is 4.90 Å². The second kappa shape index (κ2) is 8.74. The number of nitrogens with zero attached hydrogens (tertiary/aromatic N) is 1. The average Bonchev–Trinajstić information content (AvgIpc) is 2.69. The van der Waals surface area contributed by atoms with Gasteiger partial charge < -0.3 is 10.0 Å². The van der Waals surface area contributed by atoms with E-state index in [9.17, 15) is 9.90 Å². The van der Waals surface area contributed by atoms with Crippen molar-refractivity contribution < 1.29 is 9.90 Å². The molecule has 0 aliphatic rings. The molecule has 1 amide bonds. The molecular weight excluding hydrogens is 358 g/mol. The predicted molar refractivity (Wildman–Crippen MR) is 109 cm³/mol. The number of phenols is 1. The standard InChI is InChI=1S/C23H22ClNO2/c1-25(16-17-8-4-2-5-9-17)23(27)15-20(18-10-6-3-7-11-18)21-14-19(24)12-13-22(21)26/h2-14,20,26H,15-16H2,1H3/t20-/m0/s1. The van der Waals surface area contributed by atoms with Gasteiger partial charge in [-0.3, -0.25) is 4.79 Å². The van der Waals surface area contributed by atoms with Crippen molar-refractivity contribution in [1.29, 1.82) is 0 Å². The Morgan fingerprint density at radius 1 is 1.00 bits per heavy atom. The van der Waals surface area contributed by atoms with Gasteiger partial charge in [-0.15, -0.1) is 0 Å². The van der Waals surface area contributed by atoms with E-state index in [1.165, 1.54) is 0 Å². The lowest BCUT2D eigenvalue weighted by molar-refractivity contribution is -0.130. The lowest BCUT2D eigenvalue weighted by Crippen LogP contribution is -2.27. The average molecular weight is 380 g/mol. The molecule has 3 rings (SSSR count). The smallest absolute Gasteiger partial charge is 0.223 e. The van der Waals surface area contributed by atoms with Crippen molar-refractivity contribution in [3.63, 3.8) is 0 Å². The lowest BCUT2D eigenvalue weighted by Gasteiger charge is -2.23. The van der Waals surface area contributed by atoms with Crippen molar-refractivity contribution in [2.75, 3.05) is 7.05 Å². The Bertz CT molecular complexity index is 897. The number of carbonyl (C=O) groups excluding carboxylic acids is 1. The Labute approximate surface area is 164 Å². The molecule has 0 saturated heterocycles. The molecule has 0 aromatic heterocycles. The van der Waals surface area contributed by atoms with E-state index < -0.39 is 0 Å². The minimum absolute atomic E-state index is 0.00656. The van der Waals surface area contributed by atoms with Gasteiger partial charge in [-0.25, -0.2) is 0 Å². The molecule has 0 saturated carbocycles. The summed E-state index contributed by atoms with van der Waals surface area (Å²) in [6.45, 7) is 0.544. The van der Waals surface area contributed by atoms with Gasteiger partial charge in [0.15, 0.2) is 0 Å². The Kier molecular flexibility index (Phi) is 6.15. The van der Waals surface area contributed by atoms with E-state index in [-0.39, 0.29) is 24.0 Å². The number of phenolic OH excluding ortho intramolecular Hbond substituents is 1. The third-order valence-corrected chi connectivity index (χ3v) is 4.87. The van der Waals surface area contributed by atoms with Crippen LogP contribution in [0.15, 0.2) is 78.9 Å². The van der Waals surface area contributed by atoms with Gasteiger partial charge in [0, 0.05) is 36.5 Å². The van der Waals surface area contributed by atoms with Crippen LogP contribution >= 0.6 is 11.6 Å². The number of rotatable bonds is 6. The van der Waals surface area contributed by atoms with Crippen LogP contribution in [0.5, 0.6) is 5.75 Å². The highest BCUT2D eigenvalue weighted by Crippen LogP contribution is 2.36. The lowest BCUT2D eigenvalue weighted by atomic mass is 9.87. The normalized spacial score (nSPS) is 11.8. The van der Waals surface area contributed by atoms with Crippen LogP contribution in [0.2, 0.25) is 5.02 Å². The summed E-state index contributed by atoms with van der Waals surface area (Å²) in [4.78, 5) is 14.6. The summed E-state index contributed by atoms with van der Waals surface area (Å²) in [5.41, 5.74) is 2.71. The third-order valence-electron chi connectivity index (χ3n) is 4.63. The van der Waals surface area contributed by atoms with Crippen LogP contribution in [0.1, 0.15) is 29.0 Å². The van der Waals surface area contributed by atoms with Crippen molar-refractivity contribution in [3.05, 3.63) is 101 Å². The first kappa shape index (κ1) is 19.0. The zero-order valence-corrected chi connectivity index (χ0v) is 15.9. The van der Waals surface area contributed by atoms with Crippen LogP contribution in [0.4, 0.5) is 0 Å². The van der Waals surface area contributed by atoms with Gasteiger partial charge >= 0.3 is 0 Å². The Hall–Kier alpha value is -2.78. The second-order valence-corrected chi connectivity index (χ2v) is 7.04. The Balaban J connectivity index is 1.85. The highest BCUT2D eigenvalue weighted by Gasteiger charge is 2.23. The first-order valence-corrected chi connectivity index (χ1v) is 9.23. The Morgan fingerprint density at radius 2 is 1.63 bits per heavy atom. The molecule has 0 aliphatic heterocycles. The van der Waals surface area contributed by atoms with E-state index in [4.69, 9.17) is 11.6 Å². The van der Waals surface area contributed by atoms with Gasteiger partial charge in [0.2, 0.25) is 5.91 Å². The van der Waals surface area contributed by atoms with Crippen molar-refractivity contribution in [2.45, 2.75) is 18.9 Å². The number of amides is 1. The maximum absolute atomic E-state index is 12.9. The van der Waals surface area contributed by atoms with E-state index in [2.05, 4.69) is 0 Å². The summed E-state index contributed by atoms with van der Waals surface area (Å²) < 4.78 is 0. The summed E-state index contributed by atoms with van der Waals surface area (Å²) in [5.74, 6) is -0.116. The molecule has 0 spiro atoms. The van der Waals surface area contributed by atoms with Crippen LogP contribution in [-0.2, 0) is 11.3 Å². The molecule has 3 aromatic rings. The second-order valence-electron chi connectivity index (χ2n) is 6.61. The van der Waals surface area contributed by atoms with Crippen LogP contribution in [0, 0.1) is 0 Å². The van der Waals surface area contributed by atoms with Crippen LogP contribution in [-0.4, -0.2) is 23.0 Å². The zero-order chi connectivity index (χ0) is 19.2. The van der Waals surface area contributed by atoms with E-state index in [1.807, 2.05) is 60.7 Å². The minimum Gasteiger partial charge on any atom is -0.508 e. The van der Waals surface area contributed by atoms with Crippen LogP contribution < -0.4 is 0 Å². The van der Waals surface area contributed by atoms with Crippen LogP contribution in [0.25, 0.3) is 0 Å². The topological polar surface area (TPSA) is 40.5 Å². The maximum atomic E-state index is 12.9. The molecule has 0 heterocycles. The van der Waals surface area contributed by atoms with E-state index in [1.54, 1.807) is 30.1 Å². The molecule has 27 heavy (non-hydrogen) atoms. The number of hydrogen-bond donors (Lipinski definition) is 1. The van der Waals surface area contributed by atoms with E-state index >= 15 is 0 Å². The third kappa shape index (κ3) is 4.89. The SMILES string of the molecule is CN(Cc1ccccc1)C(=O)C[C@@H](c1ccccc1)c1cc(Cl)ccc1O. The van der Waals surface area contributed by atoms with E-state index in [0.29, 0.717) is 17.1 Å². The molecule has 1 N–H and O–H groups in total. The van der Waals surface area contributed by atoms with Gasteiger partial charge in [0.1, 0.15) is 5.75 Å². The number of halogens is 1. The first-order valence-electron chi connectivity index (χ1n) is 8.86.